The third-order valence-corrected chi connectivity index (χ3v) is 4.82. The van der Waals surface area contributed by atoms with Crippen LogP contribution in [0.5, 0.6) is 0 Å². The average Bonchev–Trinajstić information content (AvgIpc) is 3.10. The van der Waals surface area contributed by atoms with Gasteiger partial charge in [0.2, 0.25) is 0 Å². The molecule has 2 N–H and O–H groups in total. The molecule has 0 spiro atoms. The van der Waals surface area contributed by atoms with Crippen LogP contribution in [0.1, 0.15) is 33.1 Å². The smallest absolute Gasteiger partial charge is 0.0928 e. The van der Waals surface area contributed by atoms with E-state index in [-0.39, 0.29) is 5.54 Å². The van der Waals surface area contributed by atoms with Crippen molar-refractivity contribution >= 4 is 17.2 Å². The maximum Gasteiger partial charge on any atom is 0.0928 e. The van der Waals surface area contributed by atoms with Crippen molar-refractivity contribution in [1.82, 2.24) is 9.80 Å². The molecule has 0 radical (unpaired) electrons. The number of thiocarbonyl (C=S) groups is 1. The average molecular weight is 255 g/mol. The number of rotatable bonds is 5. The SMILES string of the molecule is CC(C)(C(N)=S)N1CCN(CCC2CC2)CC1. The van der Waals surface area contributed by atoms with E-state index in [4.69, 9.17) is 18.0 Å². The van der Waals surface area contributed by atoms with Crippen molar-refractivity contribution < 1.29 is 0 Å². The number of hydrogen-bond donors (Lipinski definition) is 1. The first-order chi connectivity index (χ1) is 8.00. The lowest BCUT2D eigenvalue weighted by molar-refractivity contribution is 0.0846. The lowest BCUT2D eigenvalue weighted by atomic mass is 10.0. The highest BCUT2D eigenvalue weighted by Crippen LogP contribution is 2.32. The van der Waals surface area contributed by atoms with Crippen LogP contribution in [0.3, 0.4) is 0 Å². The zero-order valence-electron chi connectivity index (χ0n) is 11.1. The highest BCUT2D eigenvalue weighted by atomic mass is 32.1. The Morgan fingerprint density at radius 2 is 1.82 bits per heavy atom. The van der Waals surface area contributed by atoms with Gasteiger partial charge >= 0.3 is 0 Å². The molecule has 98 valence electrons. The first-order valence-corrected chi connectivity index (χ1v) is 7.18. The summed E-state index contributed by atoms with van der Waals surface area (Å²) in [5.41, 5.74) is 5.69. The van der Waals surface area contributed by atoms with Crippen LogP contribution in [0, 0.1) is 5.92 Å². The molecule has 1 aliphatic heterocycles. The summed E-state index contributed by atoms with van der Waals surface area (Å²) < 4.78 is 0. The van der Waals surface area contributed by atoms with Gasteiger partial charge in [0.25, 0.3) is 0 Å². The van der Waals surface area contributed by atoms with Crippen LogP contribution in [0.2, 0.25) is 0 Å². The monoisotopic (exact) mass is 255 g/mol. The number of piperazine rings is 1. The third kappa shape index (κ3) is 3.39. The normalized spacial score (nSPS) is 23.9. The topological polar surface area (TPSA) is 32.5 Å². The molecule has 17 heavy (non-hydrogen) atoms. The van der Waals surface area contributed by atoms with Gasteiger partial charge in [-0.05, 0) is 32.7 Å². The summed E-state index contributed by atoms with van der Waals surface area (Å²) in [5, 5.41) is 0. The molecule has 2 aliphatic rings. The quantitative estimate of drug-likeness (QED) is 0.754. The van der Waals surface area contributed by atoms with Crippen molar-refractivity contribution in [2.24, 2.45) is 11.7 Å². The lowest BCUT2D eigenvalue weighted by Crippen LogP contribution is -2.59. The van der Waals surface area contributed by atoms with Gasteiger partial charge in [0.15, 0.2) is 0 Å². The van der Waals surface area contributed by atoms with E-state index in [1.54, 1.807) is 0 Å². The van der Waals surface area contributed by atoms with Gasteiger partial charge in [-0.3, -0.25) is 4.90 Å². The standard InChI is InChI=1S/C13H25N3S/c1-13(2,12(14)17)16-9-7-15(8-10-16)6-5-11-3-4-11/h11H,3-10H2,1-2H3,(H2,14,17). The minimum Gasteiger partial charge on any atom is -0.392 e. The fourth-order valence-electron chi connectivity index (χ4n) is 2.46. The zero-order valence-corrected chi connectivity index (χ0v) is 11.9. The minimum absolute atomic E-state index is 0.127. The van der Waals surface area contributed by atoms with Gasteiger partial charge in [-0.2, -0.15) is 0 Å². The molecule has 0 aromatic rings. The van der Waals surface area contributed by atoms with Gasteiger partial charge in [-0.1, -0.05) is 25.1 Å². The van der Waals surface area contributed by atoms with Crippen molar-refractivity contribution in [3.63, 3.8) is 0 Å². The van der Waals surface area contributed by atoms with E-state index in [1.165, 1.54) is 38.9 Å². The Hall–Kier alpha value is -0.190. The van der Waals surface area contributed by atoms with Gasteiger partial charge in [0, 0.05) is 26.2 Å². The van der Waals surface area contributed by atoms with Crippen molar-refractivity contribution in [2.45, 2.75) is 38.6 Å². The molecule has 0 aromatic carbocycles. The van der Waals surface area contributed by atoms with Crippen LogP contribution in [0.25, 0.3) is 0 Å². The molecule has 2 rings (SSSR count). The van der Waals surface area contributed by atoms with Crippen LogP contribution in [-0.2, 0) is 0 Å². The highest BCUT2D eigenvalue weighted by molar-refractivity contribution is 7.80. The van der Waals surface area contributed by atoms with Gasteiger partial charge < -0.3 is 10.6 Å². The molecule has 1 saturated carbocycles. The molecule has 1 heterocycles. The fraction of sp³-hybridized carbons (Fsp3) is 0.923. The van der Waals surface area contributed by atoms with Crippen molar-refractivity contribution in [1.29, 1.82) is 0 Å². The first kappa shape index (κ1) is 13.2. The fourth-order valence-corrected chi connectivity index (χ4v) is 2.59. The maximum absolute atomic E-state index is 5.82. The lowest BCUT2D eigenvalue weighted by Gasteiger charge is -2.43. The van der Waals surface area contributed by atoms with Crippen LogP contribution >= 0.6 is 12.2 Å². The third-order valence-electron chi connectivity index (χ3n) is 4.32. The highest BCUT2D eigenvalue weighted by Gasteiger charge is 2.32. The van der Waals surface area contributed by atoms with E-state index in [9.17, 15) is 0 Å². The van der Waals surface area contributed by atoms with Crippen LogP contribution in [-0.4, -0.2) is 53.1 Å². The summed E-state index contributed by atoms with van der Waals surface area (Å²) >= 11 is 5.16. The van der Waals surface area contributed by atoms with E-state index in [2.05, 4.69) is 23.6 Å². The molecule has 0 aromatic heterocycles. The van der Waals surface area contributed by atoms with Gasteiger partial charge in [0.1, 0.15) is 0 Å². The van der Waals surface area contributed by atoms with Crippen molar-refractivity contribution in [2.75, 3.05) is 32.7 Å². The molecule has 0 atom stereocenters. The molecular weight excluding hydrogens is 230 g/mol. The van der Waals surface area contributed by atoms with E-state index >= 15 is 0 Å². The summed E-state index contributed by atoms with van der Waals surface area (Å²) in [6.07, 6.45) is 4.33. The van der Waals surface area contributed by atoms with Gasteiger partial charge in [-0.15, -0.1) is 0 Å². The molecule has 1 aliphatic carbocycles. The van der Waals surface area contributed by atoms with Crippen LogP contribution < -0.4 is 5.73 Å². The van der Waals surface area contributed by atoms with E-state index < -0.39 is 0 Å². The molecule has 0 bridgehead atoms. The van der Waals surface area contributed by atoms with Crippen LogP contribution in [0.15, 0.2) is 0 Å². The number of nitrogens with two attached hydrogens (primary N) is 1. The Morgan fingerprint density at radius 1 is 1.24 bits per heavy atom. The molecule has 4 heteroatoms. The Kier molecular flexibility index (Phi) is 4.06. The Balaban J connectivity index is 1.74. The molecule has 1 saturated heterocycles. The predicted octanol–water partition coefficient (Wildman–Crippen LogP) is 1.47. The number of nitrogens with zero attached hydrogens (tertiary/aromatic N) is 2. The number of hydrogen-bond acceptors (Lipinski definition) is 3. The van der Waals surface area contributed by atoms with Gasteiger partial charge in [-0.25, -0.2) is 0 Å². The largest absolute Gasteiger partial charge is 0.392 e. The van der Waals surface area contributed by atoms with E-state index in [1.807, 2.05) is 0 Å². The summed E-state index contributed by atoms with van der Waals surface area (Å²) in [6.45, 7) is 10.1. The summed E-state index contributed by atoms with van der Waals surface area (Å²) in [7, 11) is 0. The zero-order chi connectivity index (χ0) is 12.5. The Morgan fingerprint density at radius 3 is 2.29 bits per heavy atom. The van der Waals surface area contributed by atoms with Crippen molar-refractivity contribution in [3.05, 3.63) is 0 Å². The molecule has 3 nitrogen and oxygen atoms in total. The molecular formula is C13H25N3S. The van der Waals surface area contributed by atoms with E-state index in [0.29, 0.717) is 4.99 Å². The van der Waals surface area contributed by atoms with Crippen LogP contribution in [0.4, 0.5) is 0 Å². The maximum atomic E-state index is 5.82. The predicted molar refractivity (Wildman–Crippen MR) is 76.2 cm³/mol. The van der Waals surface area contributed by atoms with Gasteiger partial charge in [0.05, 0.1) is 10.5 Å². The second-order valence-electron chi connectivity index (χ2n) is 5.98. The summed E-state index contributed by atoms with van der Waals surface area (Å²) in [5.74, 6) is 1.04. The second kappa shape index (κ2) is 5.21. The Bertz CT molecular complexity index is 278. The van der Waals surface area contributed by atoms with E-state index in [0.717, 1.165) is 19.0 Å². The second-order valence-corrected chi connectivity index (χ2v) is 6.42. The first-order valence-electron chi connectivity index (χ1n) is 6.77. The minimum atomic E-state index is -0.127. The Labute approximate surface area is 110 Å². The molecule has 0 amide bonds. The molecule has 2 fully saturated rings. The summed E-state index contributed by atoms with van der Waals surface area (Å²) in [4.78, 5) is 5.62. The summed E-state index contributed by atoms with van der Waals surface area (Å²) in [6, 6.07) is 0. The van der Waals surface area contributed by atoms with Crippen molar-refractivity contribution in [3.8, 4) is 0 Å². The molecule has 0 unspecified atom stereocenters.